The van der Waals surface area contributed by atoms with Crippen molar-refractivity contribution in [3.8, 4) is 0 Å². The molecule has 86 valence electrons. The predicted octanol–water partition coefficient (Wildman–Crippen LogP) is 3.71. The summed E-state index contributed by atoms with van der Waals surface area (Å²) >= 11 is 3.26. The Bertz CT molecular complexity index is 178. The molecular weight excluding hydrogens is 271 g/mol. The van der Waals surface area contributed by atoms with Crippen LogP contribution in [0.2, 0.25) is 0 Å². The quantitative estimate of drug-likeness (QED) is 0.505. The number of alkyl halides is 1. The van der Waals surface area contributed by atoms with Crippen LogP contribution in [0.1, 0.15) is 33.6 Å². The molecule has 1 unspecified atom stereocenters. The van der Waals surface area contributed by atoms with Crippen LogP contribution in [0.25, 0.3) is 0 Å². The van der Waals surface area contributed by atoms with E-state index >= 15 is 0 Å². The summed E-state index contributed by atoms with van der Waals surface area (Å²) in [6.45, 7) is 6.13. The molecule has 1 atom stereocenters. The van der Waals surface area contributed by atoms with Crippen LogP contribution in [0.3, 0.4) is 0 Å². The van der Waals surface area contributed by atoms with Gasteiger partial charge in [-0.05, 0) is 20.3 Å². The number of phosphoric acid groups is 1. The lowest BCUT2D eigenvalue weighted by molar-refractivity contribution is 0.112. The van der Waals surface area contributed by atoms with Crippen molar-refractivity contribution in [2.45, 2.75) is 38.6 Å². The van der Waals surface area contributed by atoms with E-state index in [0.717, 1.165) is 12.8 Å². The first kappa shape index (κ1) is 14.6. The zero-order valence-corrected chi connectivity index (χ0v) is 11.3. The zero-order valence-electron chi connectivity index (χ0n) is 8.86. The third kappa shape index (κ3) is 6.14. The zero-order chi connectivity index (χ0) is 11.0. The van der Waals surface area contributed by atoms with Crippen LogP contribution in [0.4, 0.5) is 0 Å². The molecule has 0 amide bonds. The molecule has 0 aliphatic rings. The van der Waals surface area contributed by atoms with E-state index in [9.17, 15) is 4.57 Å². The summed E-state index contributed by atoms with van der Waals surface area (Å²) in [5.41, 5.74) is 0. The average molecular weight is 289 g/mol. The summed E-state index contributed by atoms with van der Waals surface area (Å²) in [5.74, 6) is 0. The fraction of sp³-hybridized carbons (Fsp3) is 1.00. The molecule has 0 N–H and O–H groups in total. The molecule has 0 fully saturated rings. The number of halogens is 1. The number of rotatable bonds is 8. The number of hydrogen-bond acceptors (Lipinski definition) is 4. The minimum Gasteiger partial charge on any atom is -0.287 e. The molecule has 6 heteroatoms. The molecule has 4 nitrogen and oxygen atoms in total. The van der Waals surface area contributed by atoms with E-state index in [2.05, 4.69) is 15.9 Å². The van der Waals surface area contributed by atoms with Crippen LogP contribution in [-0.2, 0) is 18.1 Å². The molecule has 14 heavy (non-hydrogen) atoms. The van der Waals surface area contributed by atoms with E-state index in [-0.39, 0.29) is 5.01 Å². The summed E-state index contributed by atoms with van der Waals surface area (Å²) < 4.78 is 26.9. The summed E-state index contributed by atoms with van der Waals surface area (Å²) in [6, 6.07) is 0. The summed E-state index contributed by atoms with van der Waals surface area (Å²) in [7, 11) is -3.35. The van der Waals surface area contributed by atoms with E-state index in [0.29, 0.717) is 13.2 Å². The second kappa shape index (κ2) is 7.83. The van der Waals surface area contributed by atoms with Gasteiger partial charge < -0.3 is 0 Å². The highest BCUT2D eigenvalue weighted by molar-refractivity contribution is 9.09. The van der Waals surface area contributed by atoms with E-state index in [1.807, 2.05) is 6.92 Å². The smallest absolute Gasteiger partial charge is 0.287 e. The Hall–Kier alpha value is 0.590. The van der Waals surface area contributed by atoms with Gasteiger partial charge in [-0.15, -0.1) is 0 Å². The van der Waals surface area contributed by atoms with Gasteiger partial charge in [0.1, 0.15) is 5.01 Å². The van der Waals surface area contributed by atoms with Gasteiger partial charge in [0, 0.05) is 0 Å². The monoisotopic (exact) mass is 288 g/mol. The van der Waals surface area contributed by atoms with Crippen molar-refractivity contribution in [1.29, 1.82) is 0 Å². The van der Waals surface area contributed by atoms with Gasteiger partial charge >= 0.3 is 7.82 Å². The van der Waals surface area contributed by atoms with Gasteiger partial charge in [-0.1, -0.05) is 29.3 Å². The highest BCUT2D eigenvalue weighted by Crippen LogP contribution is 2.51. The summed E-state index contributed by atoms with van der Waals surface area (Å²) in [4.78, 5) is 0. The van der Waals surface area contributed by atoms with E-state index < -0.39 is 7.82 Å². The second-order valence-electron chi connectivity index (χ2n) is 2.59. The first-order valence-electron chi connectivity index (χ1n) is 4.79. The lowest BCUT2D eigenvalue weighted by Crippen LogP contribution is -2.06. The lowest BCUT2D eigenvalue weighted by atomic mass is 10.4. The fourth-order valence-corrected chi connectivity index (χ4v) is 3.12. The first-order chi connectivity index (χ1) is 6.58. The van der Waals surface area contributed by atoms with Crippen LogP contribution >= 0.6 is 23.8 Å². The summed E-state index contributed by atoms with van der Waals surface area (Å²) in [5, 5.41) is -0.281. The van der Waals surface area contributed by atoms with Gasteiger partial charge in [-0.25, -0.2) is 4.57 Å². The van der Waals surface area contributed by atoms with E-state index in [4.69, 9.17) is 13.6 Å². The average Bonchev–Trinajstić information content (AvgIpc) is 2.04. The van der Waals surface area contributed by atoms with E-state index in [1.165, 1.54) is 0 Å². The maximum atomic E-state index is 11.8. The number of hydrogen-bond donors (Lipinski definition) is 0. The SMILES string of the molecule is CCCC(Br)OP(=O)(OCC)OCC. The molecule has 0 radical (unpaired) electrons. The molecule has 0 bridgehead atoms. The highest BCUT2D eigenvalue weighted by atomic mass is 79.9. The molecule has 0 aromatic rings. The topological polar surface area (TPSA) is 44.8 Å². The standard InChI is InChI=1S/C8H18BrO4P/c1-4-7-8(9)13-14(10,11-5-2)12-6-3/h8H,4-7H2,1-3H3. The Morgan fingerprint density at radius 3 is 2.07 bits per heavy atom. The van der Waals surface area contributed by atoms with Gasteiger partial charge in [-0.3, -0.25) is 13.6 Å². The van der Waals surface area contributed by atoms with Gasteiger partial charge in [0.2, 0.25) is 0 Å². The van der Waals surface area contributed by atoms with Crippen molar-refractivity contribution in [3.05, 3.63) is 0 Å². The maximum absolute atomic E-state index is 11.8. The van der Waals surface area contributed by atoms with Crippen LogP contribution in [0.5, 0.6) is 0 Å². The molecule has 0 saturated heterocycles. The van der Waals surface area contributed by atoms with Gasteiger partial charge in [-0.2, -0.15) is 0 Å². The Labute approximate surface area is 94.1 Å². The van der Waals surface area contributed by atoms with Crippen molar-refractivity contribution >= 4 is 23.8 Å². The Morgan fingerprint density at radius 2 is 1.71 bits per heavy atom. The number of phosphoric ester groups is 1. The Kier molecular flexibility index (Phi) is 8.16. The molecule has 0 rings (SSSR count). The van der Waals surface area contributed by atoms with Crippen molar-refractivity contribution in [3.63, 3.8) is 0 Å². The summed E-state index contributed by atoms with van der Waals surface area (Å²) in [6.07, 6.45) is 1.71. The third-order valence-electron chi connectivity index (χ3n) is 1.33. The Balaban J connectivity index is 4.13. The first-order valence-corrected chi connectivity index (χ1v) is 7.17. The van der Waals surface area contributed by atoms with Crippen LogP contribution in [-0.4, -0.2) is 18.2 Å². The van der Waals surface area contributed by atoms with Crippen molar-refractivity contribution in [1.82, 2.24) is 0 Å². The van der Waals surface area contributed by atoms with Crippen molar-refractivity contribution < 1.29 is 18.1 Å². The predicted molar refractivity (Wildman–Crippen MR) is 59.6 cm³/mol. The minimum atomic E-state index is -3.35. The van der Waals surface area contributed by atoms with Crippen molar-refractivity contribution in [2.75, 3.05) is 13.2 Å². The molecule has 0 saturated carbocycles. The van der Waals surface area contributed by atoms with Crippen LogP contribution < -0.4 is 0 Å². The van der Waals surface area contributed by atoms with Crippen LogP contribution in [0.15, 0.2) is 0 Å². The van der Waals surface area contributed by atoms with E-state index in [1.54, 1.807) is 13.8 Å². The molecule has 0 heterocycles. The molecule has 0 aromatic heterocycles. The molecular formula is C8H18BrO4P. The molecule has 0 aliphatic carbocycles. The van der Waals surface area contributed by atoms with Crippen LogP contribution in [0, 0.1) is 0 Å². The minimum absolute atomic E-state index is 0.281. The highest BCUT2D eigenvalue weighted by Gasteiger charge is 2.28. The van der Waals surface area contributed by atoms with Gasteiger partial charge in [0.15, 0.2) is 0 Å². The van der Waals surface area contributed by atoms with Gasteiger partial charge in [0.05, 0.1) is 13.2 Å². The largest absolute Gasteiger partial charge is 0.475 e. The Morgan fingerprint density at radius 1 is 1.21 bits per heavy atom. The fourth-order valence-electron chi connectivity index (χ4n) is 0.834. The molecule has 0 aromatic carbocycles. The third-order valence-corrected chi connectivity index (χ3v) is 3.93. The lowest BCUT2D eigenvalue weighted by Gasteiger charge is -2.19. The normalized spacial score (nSPS) is 14.3. The second-order valence-corrected chi connectivity index (χ2v) is 5.23. The molecule has 0 spiro atoms. The maximum Gasteiger partial charge on any atom is 0.475 e. The van der Waals surface area contributed by atoms with Crippen molar-refractivity contribution in [2.24, 2.45) is 0 Å². The van der Waals surface area contributed by atoms with Gasteiger partial charge in [0.25, 0.3) is 0 Å². The molecule has 0 aliphatic heterocycles.